The molecular weight excluding hydrogens is 276 g/mol. The van der Waals surface area contributed by atoms with Crippen LogP contribution < -0.4 is 0 Å². The van der Waals surface area contributed by atoms with E-state index in [1.807, 2.05) is 13.0 Å². The van der Waals surface area contributed by atoms with E-state index >= 15 is 0 Å². The lowest BCUT2D eigenvalue weighted by atomic mass is 9.51. The minimum Gasteiger partial charge on any atom is -0.481 e. The third-order valence-electron chi connectivity index (χ3n) is 6.46. The first-order valence-electron chi connectivity index (χ1n) is 7.37. The van der Waals surface area contributed by atoms with Crippen LogP contribution in [0, 0.1) is 10.8 Å². The van der Waals surface area contributed by atoms with E-state index in [1.54, 1.807) is 6.92 Å². The lowest BCUT2D eigenvalue weighted by molar-refractivity contribution is -0.225. The molecular formula is C15H20O6. The molecule has 4 aliphatic rings. The highest BCUT2D eigenvalue weighted by atomic mass is 16.6. The molecule has 0 unspecified atom stereocenters. The molecule has 7 atom stereocenters. The van der Waals surface area contributed by atoms with E-state index in [9.17, 15) is 20.1 Å². The maximum Gasteiger partial charge on any atom is 0.313 e. The Kier molecular flexibility index (Phi) is 2.40. The van der Waals surface area contributed by atoms with Crippen molar-refractivity contribution in [1.29, 1.82) is 0 Å². The van der Waals surface area contributed by atoms with Crippen molar-refractivity contribution < 1.29 is 29.6 Å². The Bertz CT molecular complexity index is 552. The van der Waals surface area contributed by atoms with Crippen LogP contribution in [0.2, 0.25) is 0 Å². The number of ether oxygens (including phenoxy) is 2. The van der Waals surface area contributed by atoms with Crippen LogP contribution >= 0.6 is 0 Å². The van der Waals surface area contributed by atoms with Crippen molar-refractivity contribution in [1.82, 2.24) is 0 Å². The van der Waals surface area contributed by atoms with Crippen molar-refractivity contribution in [3.8, 4) is 0 Å². The summed E-state index contributed by atoms with van der Waals surface area (Å²) in [6.07, 6.45) is -0.731. The summed E-state index contributed by atoms with van der Waals surface area (Å²) in [4.78, 5) is 12.2. The minimum absolute atomic E-state index is 0.326. The van der Waals surface area contributed by atoms with Gasteiger partial charge in [0.2, 0.25) is 0 Å². The van der Waals surface area contributed by atoms with Gasteiger partial charge >= 0.3 is 5.97 Å². The molecule has 1 spiro atoms. The highest BCUT2D eigenvalue weighted by molar-refractivity contribution is 5.79. The van der Waals surface area contributed by atoms with Gasteiger partial charge in [-0.1, -0.05) is 18.6 Å². The number of carboxylic acid groups (broad SMARTS) is 1. The molecule has 6 nitrogen and oxygen atoms in total. The zero-order valence-corrected chi connectivity index (χ0v) is 12.1. The number of aliphatic hydroxyl groups is 2. The van der Waals surface area contributed by atoms with Gasteiger partial charge in [0.1, 0.15) is 23.2 Å². The second-order valence-corrected chi connectivity index (χ2v) is 7.08. The van der Waals surface area contributed by atoms with Gasteiger partial charge in [0.15, 0.2) is 0 Å². The number of hydrogen-bond acceptors (Lipinski definition) is 5. The van der Waals surface area contributed by atoms with E-state index in [0.29, 0.717) is 19.4 Å². The number of fused-ring (bicyclic) bond motifs is 2. The second kappa shape index (κ2) is 3.68. The fraction of sp³-hybridized carbons (Fsp3) is 0.800. The zero-order valence-electron chi connectivity index (χ0n) is 12.1. The monoisotopic (exact) mass is 296 g/mol. The van der Waals surface area contributed by atoms with E-state index in [-0.39, 0.29) is 0 Å². The van der Waals surface area contributed by atoms with Crippen LogP contribution in [0.4, 0.5) is 0 Å². The fourth-order valence-electron chi connectivity index (χ4n) is 5.04. The van der Waals surface area contributed by atoms with Crippen molar-refractivity contribution in [3.05, 3.63) is 11.6 Å². The number of aliphatic hydroxyl groups excluding tert-OH is 2. The predicted octanol–water partition coefficient (Wildman–Crippen LogP) is 0.0756. The Hall–Kier alpha value is -0.950. The molecule has 0 aromatic rings. The predicted molar refractivity (Wildman–Crippen MR) is 70.5 cm³/mol. The molecule has 6 heteroatoms. The van der Waals surface area contributed by atoms with Crippen LogP contribution in [0.1, 0.15) is 26.7 Å². The largest absolute Gasteiger partial charge is 0.481 e. The van der Waals surface area contributed by atoms with E-state index in [4.69, 9.17) is 9.47 Å². The summed E-state index contributed by atoms with van der Waals surface area (Å²) >= 11 is 0. The number of rotatable bonds is 1. The average molecular weight is 296 g/mol. The van der Waals surface area contributed by atoms with Crippen molar-refractivity contribution in [2.24, 2.45) is 10.8 Å². The number of carboxylic acids is 1. The highest BCUT2D eigenvalue weighted by Gasteiger charge is 2.86. The minimum atomic E-state index is -1.27. The third kappa shape index (κ3) is 1.20. The van der Waals surface area contributed by atoms with Crippen molar-refractivity contribution in [2.75, 3.05) is 6.61 Å². The molecule has 3 fully saturated rings. The first kappa shape index (κ1) is 13.7. The summed E-state index contributed by atoms with van der Waals surface area (Å²) in [7, 11) is 0. The molecule has 1 saturated carbocycles. The Labute approximate surface area is 122 Å². The number of carbonyl (C=O) groups is 1. The van der Waals surface area contributed by atoms with Crippen LogP contribution in [-0.2, 0) is 14.3 Å². The molecule has 2 bridgehead atoms. The van der Waals surface area contributed by atoms with Gasteiger partial charge in [0.25, 0.3) is 0 Å². The summed E-state index contributed by atoms with van der Waals surface area (Å²) in [5, 5.41) is 31.0. The van der Waals surface area contributed by atoms with Gasteiger partial charge in [-0.2, -0.15) is 0 Å². The summed E-state index contributed by atoms with van der Waals surface area (Å²) in [5.74, 6) is -0.986. The van der Waals surface area contributed by atoms with Gasteiger partial charge in [0, 0.05) is 5.41 Å². The molecule has 21 heavy (non-hydrogen) atoms. The zero-order chi connectivity index (χ0) is 15.2. The van der Waals surface area contributed by atoms with E-state index in [2.05, 4.69) is 0 Å². The third-order valence-corrected chi connectivity index (χ3v) is 6.46. The van der Waals surface area contributed by atoms with Crippen LogP contribution in [0.25, 0.3) is 0 Å². The molecule has 0 amide bonds. The second-order valence-electron chi connectivity index (χ2n) is 7.08. The summed E-state index contributed by atoms with van der Waals surface area (Å²) in [6.45, 7) is 4.02. The Balaban J connectivity index is 1.96. The van der Waals surface area contributed by atoms with Crippen molar-refractivity contribution in [2.45, 2.75) is 56.7 Å². The maximum atomic E-state index is 12.2. The molecule has 2 heterocycles. The van der Waals surface area contributed by atoms with Crippen molar-refractivity contribution in [3.63, 3.8) is 0 Å². The topological polar surface area (TPSA) is 99.5 Å². The van der Waals surface area contributed by atoms with Gasteiger partial charge in [-0.15, -0.1) is 0 Å². The van der Waals surface area contributed by atoms with Gasteiger partial charge in [-0.05, 0) is 19.8 Å². The van der Waals surface area contributed by atoms with Gasteiger partial charge in [0.05, 0.1) is 18.8 Å². The average Bonchev–Trinajstić information content (AvgIpc) is 3.21. The van der Waals surface area contributed by atoms with Crippen LogP contribution in [-0.4, -0.2) is 57.9 Å². The molecule has 4 rings (SSSR count). The van der Waals surface area contributed by atoms with Crippen molar-refractivity contribution >= 4 is 5.97 Å². The molecule has 3 N–H and O–H groups in total. The standard InChI is InChI=1S/C15H20O6/c1-7-3-4-14(12(18)19)8(5-7)21-11-9(16)10(17)13(14,2)15(11)6-20-15/h5,8-11,16-17H,3-4,6H2,1-2H3,(H,18,19)/t8-,9-,10-,11-,13-,14+,15+/m1/s1. The van der Waals surface area contributed by atoms with Gasteiger partial charge in [-0.25, -0.2) is 0 Å². The highest BCUT2D eigenvalue weighted by Crippen LogP contribution is 2.71. The number of allylic oxidation sites excluding steroid dienone is 1. The fourth-order valence-corrected chi connectivity index (χ4v) is 5.04. The Morgan fingerprint density at radius 1 is 1.43 bits per heavy atom. The van der Waals surface area contributed by atoms with Crippen LogP contribution in [0.15, 0.2) is 11.6 Å². The molecule has 2 saturated heterocycles. The summed E-state index contributed by atoms with van der Waals surface area (Å²) < 4.78 is 11.5. The Morgan fingerprint density at radius 3 is 2.67 bits per heavy atom. The van der Waals surface area contributed by atoms with E-state index in [0.717, 1.165) is 5.57 Å². The first-order chi connectivity index (χ1) is 9.81. The lowest BCUT2D eigenvalue weighted by Gasteiger charge is -2.55. The quantitative estimate of drug-likeness (QED) is 0.468. The molecule has 116 valence electrons. The number of aliphatic carboxylic acids is 1. The lowest BCUT2D eigenvalue weighted by Crippen LogP contribution is -2.67. The first-order valence-corrected chi connectivity index (χ1v) is 7.37. The van der Waals surface area contributed by atoms with E-state index < -0.39 is 46.8 Å². The summed E-state index contributed by atoms with van der Waals surface area (Å²) in [6, 6.07) is 0. The molecule has 2 aliphatic carbocycles. The van der Waals surface area contributed by atoms with Gasteiger partial charge < -0.3 is 24.8 Å². The maximum absolute atomic E-state index is 12.2. The molecule has 0 aromatic heterocycles. The van der Waals surface area contributed by atoms with E-state index in [1.165, 1.54) is 0 Å². The van der Waals surface area contributed by atoms with Crippen LogP contribution in [0.3, 0.4) is 0 Å². The number of epoxide rings is 1. The smallest absolute Gasteiger partial charge is 0.313 e. The van der Waals surface area contributed by atoms with Gasteiger partial charge in [-0.3, -0.25) is 4.79 Å². The number of hydrogen-bond donors (Lipinski definition) is 3. The summed E-state index contributed by atoms with van der Waals surface area (Å²) in [5.41, 5.74) is -2.12. The Morgan fingerprint density at radius 2 is 2.10 bits per heavy atom. The molecule has 0 aromatic carbocycles. The molecule has 0 radical (unpaired) electrons. The normalized spacial score (nSPS) is 57.8. The van der Waals surface area contributed by atoms with Crippen LogP contribution in [0.5, 0.6) is 0 Å². The molecule has 2 aliphatic heterocycles. The SMILES string of the molecule is CC1=C[C@H]2O[C@@H]3[C@H](O)[C@@H](O)[C@@](C)([C@]34CO4)[C@@]2(C(=O)O)CC1.